The molecule has 2 nitrogen and oxygen atoms in total. The summed E-state index contributed by atoms with van der Waals surface area (Å²) in [5.74, 6) is 0. The summed E-state index contributed by atoms with van der Waals surface area (Å²) in [6.45, 7) is 0.954. The van der Waals surface area contributed by atoms with Crippen molar-refractivity contribution < 1.29 is 28.5 Å². The Morgan fingerprint density at radius 2 is 1.93 bits per heavy atom. The number of nitriles is 1. The SMILES string of the molecule is C[N+](C)(C)Cc1cccc(C#N)c1.[I-]. The Balaban J connectivity index is 0.00000169. The van der Waals surface area contributed by atoms with Gasteiger partial charge in [0.05, 0.1) is 32.8 Å². The van der Waals surface area contributed by atoms with Gasteiger partial charge in [-0.3, -0.25) is 0 Å². The van der Waals surface area contributed by atoms with Gasteiger partial charge in [0, 0.05) is 5.56 Å². The van der Waals surface area contributed by atoms with Gasteiger partial charge in [-0.2, -0.15) is 5.26 Å². The first-order chi connectivity index (χ1) is 6.01. The minimum absolute atomic E-state index is 0. The van der Waals surface area contributed by atoms with Crippen LogP contribution in [0.1, 0.15) is 11.1 Å². The summed E-state index contributed by atoms with van der Waals surface area (Å²) in [6.07, 6.45) is 0. The van der Waals surface area contributed by atoms with Crippen molar-refractivity contribution in [2.45, 2.75) is 6.54 Å². The fourth-order valence-electron chi connectivity index (χ4n) is 1.29. The first-order valence-corrected chi connectivity index (χ1v) is 4.31. The third-order valence-electron chi connectivity index (χ3n) is 1.71. The molecule has 0 saturated heterocycles. The number of rotatable bonds is 2. The van der Waals surface area contributed by atoms with Crippen LogP contribution in [0.5, 0.6) is 0 Å². The summed E-state index contributed by atoms with van der Waals surface area (Å²) >= 11 is 0. The Kier molecular flexibility index (Phi) is 5.09. The highest BCUT2D eigenvalue weighted by atomic mass is 127. The zero-order chi connectivity index (χ0) is 9.90. The molecule has 0 heterocycles. The molecular formula is C11H15IN2. The van der Waals surface area contributed by atoms with Crippen molar-refractivity contribution in [3.8, 4) is 6.07 Å². The molecule has 0 aliphatic carbocycles. The lowest BCUT2D eigenvalue weighted by atomic mass is 10.1. The standard InChI is InChI=1S/C11H15N2.HI/c1-13(2,3)9-11-6-4-5-10(7-11)8-12;/h4-7H,9H2,1-3H3;1H/q+1;/p-1. The van der Waals surface area contributed by atoms with Gasteiger partial charge in [0.15, 0.2) is 0 Å². The van der Waals surface area contributed by atoms with E-state index >= 15 is 0 Å². The van der Waals surface area contributed by atoms with Crippen molar-refractivity contribution in [1.82, 2.24) is 0 Å². The molecular weight excluding hydrogens is 287 g/mol. The summed E-state index contributed by atoms with van der Waals surface area (Å²) < 4.78 is 0.884. The van der Waals surface area contributed by atoms with E-state index in [4.69, 9.17) is 5.26 Å². The van der Waals surface area contributed by atoms with E-state index in [1.165, 1.54) is 5.56 Å². The van der Waals surface area contributed by atoms with E-state index in [1.807, 2.05) is 18.2 Å². The molecule has 14 heavy (non-hydrogen) atoms. The molecule has 0 aliphatic rings. The van der Waals surface area contributed by atoms with Crippen molar-refractivity contribution in [2.75, 3.05) is 21.1 Å². The van der Waals surface area contributed by atoms with Gasteiger partial charge in [0.1, 0.15) is 6.54 Å². The zero-order valence-electron chi connectivity index (χ0n) is 8.79. The Morgan fingerprint density at radius 1 is 1.29 bits per heavy atom. The first kappa shape index (κ1) is 13.4. The van der Waals surface area contributed by atoms with E-state index in [0.29, 0.717) is 0 Å². The maximum Gasteiger partial charge on any atom is 0.104 e. The number of nitrogens with zero attached hydrogens (tertiary/aromatic N) is 2. The van der Waals surface area contributed by atoms with Crippen LogP contribution in [0.4, 0.5) is 0 Å². The van der Waals surface area contributed by atoms with E-state index in [2.05, 4.69) is 33.3 Å². The van der Waals surface area contributed by atoms with E-state index in [0.717, 1.165) is 16.6 Å². The van der Waals surface area contributed by atoms with Gasteiger partial charge in [-0.15, -0.1) is 0 Å². The van der Waals surface area contributed by atoms with Crippen molar-refractivity contribution in [3.05, 3.63) is 35.4 Å². The average Bonchev–Trinajstić information content (AvgIpc) is 2.01. The Hall–Kier alpha value is -0.600. The van der Waals surface area contributed by atoms with Crippen molar-refractivity contribution >= 4 is 0 Å². The van der Waals surface area contributed by atoms with E-state index in [1.54, 1.807) is 0 Å². The van der Waals surface area contributed by atoms with Gasteiger partial charge in [0.2, 0.25) is 0 Å². The van der Waals surface area contributed by atoms with Crippen LogP contribution >= 0.6 is 0 Å². The van der Waals surface area contributed by atoms with Gasteiger partial charge in [-0.1, -0.05) is 12.1 Å². The molecule has 0 atom stereocenters. The highest BCUT2D eigenvalue weighted by molar-refractivity contribution is 5.32. The second-order valence-electron chi connectivity index (χ2n) is 4.26. The monoisotopic (exact) mass is 302 g/mol. The van der Waals surface area contributed by atoms with Crippen LogP contribution in [-0.2, 0) is 6.54 Å². The average molecular weight is 302 g/mol. The Bertz CT molecular complexity index is 334. The molecule has 0 spiro atoms. The van der Waals surface area contributed by atoms with E-state index in [-0.39, 0.29) is 24.0 Å². The Morgan fingerprint density at radius 3 is 2.43 bits per heavy atom. The lowest BCUT2D eigenvalue weighted by molar-refractivity contribution is -0.884. The lowest BCUT2D eigenvalue weighted by Crippen LogP contribution is -3.00. The molecule has 0 fully saturated rings. The van der Waals surface area contributed by atoms with Gasteiger partial charge in [0.25, 0.3) is 0 Å². The fraction of sp³-hybridized carbons (Fsp3) is 0.364. The van der Waals surface area contributed by atoms with Crippen LogP contribution in [0.3, 0.4) is 0 Å². The van der Waals surface area contributed by atoms with Crippen LogP contribution < -0.4 is 24.0 Å². The van der Waals surface area contributed by atoms with Crippen LogP contribution in [-0.4, -0.2) is 25.6 Å². The molecule has 0 aliphatic heterocycles. The molecule has 0 bridgehead atoms. The van der Waals surface area contributed by atoms with E-state index < -0.39 is 0 Å². The molecule has 1 aromatic rings. The second-order valence-corrected chi connectivity index (χ2v) is 4.26. The highest BCUT2D eigenvalue weighted by Crippen LogP contribution is 2.08. The zero-order valence-corrected chi connectivity index (χ0v) is 10.9. The number of quaternary nitrogens is 1. The van der Waals surface area contributed by atoms with Crippen LogP contribution in [0.15, 0.2) is 24.3 Å². The van der Waals surface area contributed by atoms with Gasteiger partial charge in [-0.05, 0) is 12.1 Å². The quantitative estimate of drug-likeness (QED) is 0.496. The highest BCUT2D eigenvalue weighted by Gasteiger charge is 2.08. The van der Waals surface area contributed by atoms with E-state index in [9.17, 15) is 0 Å². The van der Waals surface area contributed by atoms with Gasteiger partial charge >= 0.3 is 0 Å². The summed E-state index contributed by atoms with van der Waals surface area (Å²) in [6, 6.07) is 9.92. The van der Waals surface area contributed by atoms with Crippen molar-refractivity contribution in [2.24, 2.45) is 0 Å². The molecule has 3 heteroatoms. The van der Waals surface area contributed by atoms with Crippen LogP contribution in [0.2, 0.25) is 0 Å². The third kappa shape index (κ3) is 4.58. The number of halogens is 1. The minimum atomic E-state index is 0. The van der Waals surface area contributed by atoms with Gasteiger partial charge < -0.3 is 28.5 Å². The maximum absolute atomic E-state index is 8.71. The van der Waals surface area contributed by atoms with Crippen molar-refractivity contribution in [1.29, 1.82) is 5.26 Å². The minimum Gasteiger partial charge on any atom is -1.00 e. The largest absolute Gasteiger partial charge is 1.00 e. The summed E-state index contributed by atoms with van der Waals surface area (Å²) in [5, 5.41) is 8.71. The number of hydrogen-bond acceptors (Lipinski definition) is 1. The fourth-order valence-corrected chi connectivity index (χ4v) is 1.29. The number of hydrogen-bond donors (Lipinski definition) is 0. The second kappa shape index (κ2) is 5.32. The summed E-state index contributed by atoms with van der Waals surface area (Å²) in [5.41, 5.74) is 1.96. The topological polar surface area (TPSA) is 23.8 Å². The molecule has 0 amide bonds. The molecule has 0 N–H and O–H groups in total. The molecule has 0 aromatic heterocycles. The first-order valence-electron chi connectivity index (χ1n) is 4.31. The number of benzene rings is 1. The van der Waals surface area contributed by atoms with Crippen molar-refractivity contribution in [3.63, 3.8) is 0 Å². The predicted octanol–water partition coefficient (Wildman–Crippen LogP) is -1.23. The van der Waals surface area contributed by atoms with Crippen LogP contribution in [0, 0.1) is 11.3 Å². The van der Waals surface area contributed by atoms with Gasteiger partial charge in [-0.25, -0.2) is 0 Å². The molecule has 0 radical (unpaired) electrons. The predicted molar refractivity (Wildman–Crippen MR) is 52.9 cm³/mol. The molecule has 1 aromatic carbocycles. The molecule has 0 unspecified atom stereocenters. The summed E-state index contributed by atoms with van der Waals surface area (Å²) in [4.78, 5) is 0. The smallest absolute Gasteiger partial charge is 0.104 e. The molecule has 1 rings (SSSR count). The molecule has 0 saturated carbocycles. The lowest BCUT2D eigenvalue weighted by Gasteiger charge is -2.23. The molecule has 76 valence electrons. The van der Waals surface area contributed by atoms with Crippen LogP contribution in [0.25, 0.3) is 0 Å². The summed E-state index contributed by atoms with van der Waals surface area (Å²) in [7, 11) is 6.41. The maximum atomic E-state index is 8.71. The Labute approximate surface area is 103 Å². The third-order valence-corrected chi connectivity index (χ3v) is 1.71. The normalized spacial score (nSPS) is 10.1.